The first-order chi connectivity index (χ1) is 11.4. The van der Waals surface area contributed by atoms with Crippen molar-refractivity contribution in [2.75, 3.05) is 12.8 Å². The number of nitrogens with zero attached hydrogens (tertiary/aromatic N) is 3. The molecule has 0 saturated carbocycles. The minimum atomic E-state index is -3.35. The van der Waals surface area contributed by atoms with Gasteiger partial charge in [-0.1, -0.05) is 6.07 Å². The number of carbonyl (C=O) groups is 1. The highest BCUT2D eigenvalue weighted by Gasteiger charge is 2.30. The lowest BCUT2D eigenvalue weighted by Gasteiger charge is -2.25. The largest absolute Gasteiger partial charge is 0.334 e. The average Bonchev–Trinajstić information content (AvgIpc) is 3.18. The number of benzene rings is 1. The van der Waals surface area contributed by atoms with Crippen LogP contribution in [0.3, 0.4) is 0 Å². The molecule has 1 aliphatic rings. The summed E-state index contributed by atoms with van der Waals surface area (Å²) in [6.07, 6.45) is 6.65. The van der Waals surface area contributed by atoms with Crippen LogP contribution in [0.2, 0.25) is 0 Å². The second kappa shape index (κ2) is 6.39. The molecule has 1 aliphatic heterocycles. The third-order valence-corrected chi connectivity index (χ3v) is 5.67. The van der Waals surface area contributed by atoms with Crippen molar-refractivity contribution in [3.8, 4) is 0 Å². The molecule has 3 rings (SSSR count). The molecule has 2 aromatic rings. The molecule has 0 unspecified atom stereocenters. The lowest BCUT2D eigenvalue weighted by Crippen LogP contribution is -2.38. The van der Waals surface area contributed by atoms with E-state index < -0.39 is 9.84 Å². The van der Waals surface area contributed by atoms with Gasteiger partial charge in [0.15, 0.2) is 9.84 Å². The van der Waals surface area contributed by atoms with E-state index in [-0.39, 0.29) is 16.8 Å². The molecule has 1 aromatic carbocycles. The Morgan fingerprint density at radius 1 is 1.38 bits per heavy atom. The SMILES string of the molecule is Cc1ccc(C(=O)N2CCC[C@@H]2Cn2cccn2)cc1S(C)(=O)=O. The molecule has 128 valence electrons. The van der Waals surface area contributed by atoms with Crippen LogP contribution in [0, 0.1) is 6.92 Å². The van der Waals surface area contributed by atoms with Crippen LogP contribution >= 0.6 is 0 Å². The predicted molar refractivity (Wildman–Crippen MR) is 90.6 cm³/mol. The van der Waals surface area contributed by atoms with Gasteiger partial charge < -0.3 is 4.90 Å². The first-order valence-corrected chi connectivity index (χ1v) is 9.84. The highest BCUT2D eigenvalue weighted by Crippen LogP contribution is 2.24. The topological polar surface area (TPSA) is 72.3 Å². The monoisotopic (exact) mass is 347 g/mol. The summed E-state index contributed by atoms with van der Waals surface area (Å²) in [4.78, 5) is 14.9. The van der Waals surface area contributed by atoms with Crippen LogP contribution < -0.4 is 0 Å². The maximum atomic E-state index is 12.9. The minimum Gasteiger partial charge on any atom is -0.334 e. The van der Waals surface area contributed by atoms with Gasteiger partial charge in [0.05, 0.1) is 17.5 Å². The van der Waals surface area contributed by atoms with Crippen molar-refractivity contribution in [3.63, 3.8) is 0 Å². The summed E-state index contributed by atoms with van der Waals surface area (Å²) in [7, 11) is -3.35. The fraction of sp³-hybridized carbons (Fsp3) is 0.412. The zero-order chi connectivity index (χ0) is 17.3. The smallest absolute Gasteiger partial charge is 0.254 e. The first kappa shape index (κ1) is 16.7. The van der Waals surface area contributed by atoms with Gasteiger partial charge >= 0.3 is 0 Å². The highest BCUT2D eigenvalue weighted by molar-refractivity contribution is 7.90. The van der Waals surface area contributed by atoms with Crippen LogP contribution in [0.25, 0.3) is 0 Å². The molecule has 1 atom stereocenters. The summed E-state index contributed by atoms with van der Waals surface area (Å²) in [5.41, 5.74) is 1.08. The Bertz CT molecular complexity index is 844. The van der Waals surface area contributed by atoms with Gasteiger partial charge in [0.25, 0.3) is 5.91 Å². The molecule has 1 fully saturated rings. The number of aromatic nitrogens is 2. The second-order valence-corrected chi connectivity index (χ2v) is 8.26. The van der Waals surface area contributed by atoms with E-state index in [9.17, 15) is 13.2 Å². The fourth-order valence-corrected chi connectivity index (χ4v) is 4.21. The van der Waals surface area contributed by atoms with E-state index in [4.69, 9.17) is 0 Å². The molecule has 0 bridgehead atoms. The standard InChI is InChI=1S/C17H21N3O3S/c1-13-6-7-14(11-16(13)24(2,22)23)17(21)20-10-3-5-15(20)12-19-9-4-8-18-19/h4,6-9,11,15H,3,5,10,12H2,1-2H3/t15-/m1/s1. The molecule has 0 N–H and O–H groups in total. The molecule has 1 amide bonds. The van der Waals surface area contributed by atoms with Gasteiger partial charge in [0, 0.05) is 30.8 Å². The van der Waals surface area contributed by atoms with E-state index in [0.717, 1.165) is 12.8 Å². The van der Waals surface area contributed by atoms with Gasteiger partial charge in [-0.05, 0) is 43.5 Å². The van der Waals surface area contributed by atoms with Crippen LogP contribution in [0.15, 0.2) is 41.6 Å². The van der Waals surface area contributed by atoms with Gasteiger partial charge in [0.2, 0.25) is 0 Å². The Kier molecular flexibility index (Phi) is 4.45. The zero-order valence-electron chi connectivity index (χ0n) is 13.8. The number of hydrogen-bond donors (Lipinski definition) is 0. The molecule has 0 spiro atoms. The summed E-state index contributed by atoms with van der Waals surface area (Å²) < 4.78 is 25.6. The van der Waals surface area contributed by atoms with Crippen LogP contribution in [0.1, 0.15) is 28.8 Å². The van der Waals surface area contributed by atoms with Crippen molar-refractivity contribution in [1.82, 2.24) is 14.7 Å². The van der Waals surface area contributed by atoms with Crippen LogP contribution in [0.5, 0.6) is 0 Å². The first-order valence-electron chi connectivity index (χ1n) is 7.95. The summed E-state index contributed by atoms with van der Waals surface area (Å²) in [5, 5.41) is 4.20. The van der Waals surface area contributed by atoms with Crippen molar-refractivity contribution in [1.29, 1.82) is 0 Å². The van der Waals surface area contributed by atoms with E-state index in [1.807, 2.05) is 21.8 Å². The van der Waals surface area contributed by atoms with Crippen molar-refractivity contribution >= 4 is 15.7 Å². The Morgan fingerprint density at radius 2 is 2.17 bits per heavy atom. The zero-order valence-corrected chi connectivity index (χ0v) is 14.7. The lowest BCUT2D eigenvalue weighted by atomic mass is 10.1. The Balaban J connectivity index is 1.85. The maximum Gasteiger partial charge on any atom is 0.254 e. The van der Waals surface area contributed by atoms with Crippen LogP contribution in [-0.2, 0) is 16.4 Å². The van der Waals surface area contributed by atoms with E-state index in [0.29, 0.717) is 24.2 Å². The summed E-state index contributed by atoms with van der Waals surface area (Å²) in [6, 6.07) is 6.84. The average molecular weight is 347 g/mol. The third-order valence-electron chi connectivity index (χ3n) is 4.43. The molecule has 0 aliphatic carbocycles. The molecule has 24 heavy (non-hydrogen) atoms. The maximum absolute atomic E-state index is 12.9. The highest BCUT2D eigenvalue weighted by atomic mass is 32.2. The van der Waals surface area contributed by atoms with E-state index in [1.54, 1.807) is 25.3 Å². The number of likely N-dealkylation sites (tertiary alicyclic amines) is 1. The number of carbonyl (C=O) groups excluding carboxylic acids is 1. The van der Waals surface area contributed by atoms with E-state index >= 15 is 0 Å². The Morgan fingerprint density at radius 3 is 2.83 bits per heavy atom. The summed E-state index contributed by atoms with van der Waals surface area (Å²) in [6.45, 7) is 3.08. The van der Waals surface area contributed by atoms with Gasteiger partial charge in [-0.25, -0.2) is 8.42 Å². The molecule has 1 saturated heterocycles. The van der Waals surface area contributed by atoms with Crippen molar-refractivity contribution in [2.45, 2.75) is 37.2 Å². The summed E-state index contributed by atoms with van der Waals surface area (Å²) >= 11 is 0. The number of sulfone groups is 1. The van der Waals surface area contributed by atoms with E-state index in [1.165, 1.54) is 12.3 Å². The molecule has 2 heterocycles. The fourth-order valence-electron chi connectivity index (χ4n) is 3.22. The number of aryl methyl sites for hydroxylation is 1. The van der Waals surface area contributed by atoms with Gasteiger partial charge in [-0.15, -0.1) is 0 Å². The number of amides is 1. The van der Waals surface area contributed by atoms with Crippen LogP contribution in [0.4, 0.5) is 0 Å². The second-order valence-electron chi connectivity index (χ2n) is 6.28. The van der Waals surface area contributed by atoms with Gasteiger partial charge in [-0.3, -0.25) is 9.48 Å². The summed E-state index contributed by atoms with van der Waals surface area (Å²) in [5.74, 6) is -0.116. The molecular weight excluding hydrogens is 326 g/mol. The van der Waals surface area contributed by atoms with Crippen LogP contribution in [-0.4, -0.2) is 47.8 Å². The van der Waals surface area contributed by atoms with Gasteiger partial charge in [0.1, 0.15) is 0 Å². The van der Waals surface area contributed by atoms with Gasteiger partial charge in [-0.2, -0.15) is 5.10 Å². The molecular formula is C17H21N3O3S. The van der Waals surface area contributed by atoms with E-state index in [2.05, 4.69) is 5.10 Å². The Labute approximate surface area is 142 Å². The minimum absolute atomic E-state index is 0.0837. The van der Waals surface area contributed by atoms with Crippen molar-refractivity contribution in [3.05, 3.63) is 47.8 Å². The number of hydrogen-bond acceptors (Lipinski definition) is 4. The lowest BCUT2D eigenvalue weighted by molar-refractivity contribution is 0.0721. The molecule has 6 nitrogen and oxygen atoms in total. The van der Waals surface area contributed by atoms with Crippen molar-refractivity contribution in [2.24, 2.45) is 0 Å². The third kappa shape index (κ3) is 3.36. The van der Waals surface area contributed by atoms with Crippen molar-refractivity contribution < 1.29 is 13.2 Å². The molecule has 0 radical (unpaired) electrons. The Hall–Kier alpha value is -2.15. The number of rotatable bonds is 4. The molecule has 1 aromatic heterocycles. The normalized spacial score (nSPS) is 18.1. The predicted octanol–water partition coefficient (Wildman–Crippen LogP) is 1.90. The quantitative estimate of drug-likeness (QED) is 0.847. The molecule has 7 heteroatoms.